The van der Waals surface area contributed by atoms with Gasteiger partial charge in [-0.2, -0.15) is 12.6 Å². The molecule has 0 rings (SSSR count). The van der Waals surface area contributed by atoms with E-state index in [0.29, 0.717) is 19.4 Å². The van der Waals surface area contributed by atoms with Crippen molar-refractivity contribution in [2.75, 3.05) is 18.9 Å². The molecular weight excluding hydrogens is 378 g/mol. The molecule has 4 unspecified atom stereocenters. The Morgan fingerprint density at radius 1 is 1.00 bits per heavy atom. The standard InChI is InChI=1S/C15H29N5O6S/c1-8(15(25)26)18-13(23)10(6-21)19-14(24)11(7-27)20-12(22)9(17)4-2-3-5-16/h8-11,21,27H,2-7,16-17H2,1H3,(H,18,23)(H,19,24)(H,20,22)(H,25,26). The molecule has 11 nitrogen and oxygen atoms in total. The fourth-order valence-electron chi connectivity index (χ4n) is 1.95. The predicted molar refractivity (Wildman–Crippen MR) is 101 cm³/mol. The third kappa shape index (κ3) is 9.56. The number of hydrogen-bond donors (Lipinski definition) is 8. The molecule has 0 fully saturated rings. The van der Waals surface area contributed by atoms with Crippen LogP contribution in [0, 0.1) is 0 Å². The highest BCUT2D eigenvalue weighted by Gasteiger charge is 2.28. The topological polar surface area (TPSA) is 197 Å². The van der Waals surface area contributed by atoms with Crippen molar-refractivity contribution in [3.63, 3.8) is 0 Å². The number of rotatable bonds is 13. The lowest BCUT2D eigenvalue weighted by Crippen LogP contribution is -2.58. The number of unbranched alkanes of at least 4 members (excludes halogenated alkanes) is 1. The molecule has 0 saturated carbocycles. The van der Waals surface area contributed by atoms with Crippen molar-refractivity contribution in [3.8, 4) is 0 Å². The second-order valence-corrected chi connectivity index (χ2v) is 6.31. The van der Waals surface area contributed by atoms with E-state index in [-0.39, 0.29) is 5.75 Å². The highest BCUT2D eigenvalue weighted by atomic mass is 32.1. The van der Waals surface area contributed by atoms with Crippen LogP contribution < -0.4 is 27.4 Å². The van der Waals surface area contributed by atoms with E-state index in [1.165, 1.54) is 6.92 Å². The lowest BCUT2D eigenvalue weighted by atomic mass is 10.1. The maximum absolute atomic E-state index is 12.2. The molecule has 0 aliphatic carbocycles. The molecule has 9 N–H and O–H groups in total. The van der Waals surface area contributed by atoms with E-state index in [4.69, 9.17) is 16.6 Å². The highest BCUT2D eigenvalue weighted by molar-refractivity contribution is 7.80. The third-order valence-electron chi connectivity index (χ3n) is 3.67. The normalized spacial score (nSPS) is 15.1. The minimum Gasteiger partial charge on any atom is -0.480 e. The molecule has 4 atom stereocenters. The Morgan fingerprint density at radius 2 is 1.56 bits per heavy atom. The summed E-state index contributed by atoms with van der Waals surface area (Å²) in [5, 5.41) is 24.9. The molecule has 3 amide bonds. The number of amides is 3. The van der Waals surface area contributed by atoms with Gasteiger partial charge in [-0.1, -0.05) is 6.42 Å². The molecule has 156 valence electrons. The Labute approximate surface area is 163 Å². The number of hydrogen-bond acceptors (Lipinski definition) is 8. The third-order valence-corrected chi connectivity index (χ3v) is 4.03. The van der Waals surface area contributed by atoms with E-state index in [1.54, 1.807) is 0 Å². The summed E-state index contributed by atoms with van der Waals surface area (Å²) in [6.07, 6.45) is 1.79. The first kappa shape index (κ1) is 25.1. The number of nitrogens with two attached hydrogens (primary N) is 2. The van der Waals surface area contributed by atoms with Gasteiger partial charge in [-0.25, -0.2) is 0 Å². The van der Waals surface area contributed by atoms with Gasteiger partial charge in [0.15, 0.2) is 0 Å². The van der Waals surface area contributed by atoms with Gasteiger partial charge >= 0.3 is 5.97 Å². The van der Waals surface area contributed by atoms with Crippen LogP contribution >= 0.6 is 12.6 Å². The lowest BCUT2D eigenvalue weighted by molar-refractivity contribution is -0.142. The maximum atomic E-state index is 12.2. The number of nitrogens with one attached hydrogen (secondary N) is 3. The number of carbonyl (C=O) groups excluding carboxylic acids is 3. The second kappa shape index (κ2) is 13.3. The molecule has 0 aromatic carbocycles. The summed E-state index contributed by atoms with van der Waals surface area (Å²) < 4.78 is 0. The van der Waals surface area contributed by atoms with Crippen molar-refractivity contribution in [2.24, 2.45) is 11.5 Å². The predicted octanol–water partition coefficient (Wildman–Crippen LogP) is -3.08. The first-order valence-corrected chi connectivity index (χ1v) is 9.12. The van der Waals surface area contributed by atoms with Crippen molar-refractivity contribution in [1.29, 1.82) is 0 Å². The Bertz CT molecular complexity index is 521. The SMILES string of the molecule is CC(NC(=O)C(CO)NC(=O)C(CS)NC(=O)C(N)CCCCN)C(=O)O. The van der Waals surface area contributed by atoms with E-state index in [2.05, 4.69) is 28.6 Å². The van der Waals surface area contributed by atoms with Gasteiger partial charge in [-0.15, -0.1) is 0 Å². The van der Waals surface area contributed by atoms with Crippen molar-refractivity contribution in [3.05, 3.63) is 0 Å². The molecule has 0 heterocycles. The van der Waals surface area contributed by atoms with E-state index >= 15 is 0 Å². The van der Waals surface area contributed by atoms with Gasteiger partial charge in [-0.3, -0.25) is 19.2 Å². The van der Waals surface area contributed by atoms with Crippen LogP contribution in [-0.4, -0.2) is 77.0 Å². The van der Waals surface area contributed by atoms with Crippen LogP contribution in [0.1, 0.15) is 26.2 Å². The number of carboxylic acids is 1. The fraction of sp³-hybridized carbons (Fsp3) is 0.733. The Hall–Kier alpha value is -1.89. The van der Waals surface area contributed by atoms with Crippen LogP contribution in [0.25, 0.3) is 0 Å². The number of carbonyl (C=O) groups is 4. The van der Waals surface area contributed by atoms with E-state index < -0.39 is 54.5 Å². The molecule has 27 heavy (non-hydrogen) atoms. The van der Waals surface area contributed by atoms with E-state index in [9.17, 15) is 24.3 Å². The summed E-state index contributed by atoms with van der Waals surface area (Å²) in [6.45, 7) is 0.968. The van der Waals surface area contributed by atoms with Gasteiger partial charge in [0.1, 0.15) is 18.1 Å². The van der Waals surface area contributed by atoms with Crippen LogP contribution in [0.2, 0.25) is 0 Å². The zero-order valence-corrected chi connectivity index (χ0v) is 16.1. The summed E-state index contributed by atoms with van der Waals surface area (Å²) in [6, 6.07) is -4.48. The fourth-order valence-corrected chi connectivity index (χ4v) is 2.21. The lowest BCUT2D eigenvalue weighted by Gasteiger charge is -2.22. The van der Waals surface area contributed by atoms with Crippen LogP contribution in [0.5, 0.6) is 0 Å². The molecule has 0 aromatic rings. The van der Waals surface area contributed by atoms with Gasteiger partial charge in [0.05, 0.1) is 12.6 Å². The van der Waals surface area contributed by atoms with E-state index in [0.717, 1.165) is 6.42 Å². The summed E-state index contributed by atoms with van der Waals surface area (Å²) in [7, 11) is 0. The number of aliphatic carboxylic acids is 1. The van der Waals surface area contributed by atoms with Crippen LogP contribution in [0.3, 0.4) is 0 Å². The van der Waals surface area contributed by atoms with Gasteiger partial charge in [-0.05, 0) is 26.3 Å². The summed E-state index contributed by atoms with van der Waals surface area (Å²) in [5.74, 6) is -3.52. The first-order valence-electron chi connectivity index (χ1n) is 8.49. The molecule has 0 bridgehead atoms. The van der Waals surface area contributed by atoms with Crippen molar-refractivity contribution in [1.82, 2.24) is 16.0 Å². The molecule has 0 saturated heterocycles. The van der Waals surface area contributed by atoms with Gasteiger partial charge in [0.25, 0.3) is 0 Å². The largest absolute Gasteiger partial charge is 0.480 e. The number of aliphatic hydroxyl groups is 1. The van der Waals surface area contributed by atoms with Crippen molar-refractivity contribution in [2.45, 2.75) is 50.4 Å². The Kier molecular flexibility index (Phi) is 12.4. The average Bonchev–Trinajstić information content (AvgIpc) is 2.63. The zero-order valence-electron chi connectivity index (χ0n) is 15.2. The molecule has 0 aliphatic rings. The molecule has 0 aromatic heterocycles. The maximum Gasteiger partial charge on any atom is 0.325 e. The van der Waals surface area contributed by atoms with Gasteiger partial charge in [0, 0.05) is 5.75 Å². The molecule has 0 spiro atoms. The van der Waals surface area contributed by atoms with Crippen LogP contribution in [0.4, 0.5) is 0 Å². The van der Waals surface area contributed by atoms with E-state index in [1.807, 2.05) is 0 Å². The molecule has 12 heteroatoms. The molecule has 0 radical (unpaired) electrons. The Morgan fingerprint density at radius 3 is 2.04 bits per heavy atom. The van der Waals surface area contributed by atoms with Crippen LogP contribution in [-0.2, 0) is 19.2 Å². The Balaban J connectivity index is 4.73. The highest BCUT2D eigenvalue weighted by Crippen LogP contribution is 2.00. The zero-order chi connectivity index (χ0) is 21.0. The number of aliphatic hydroxyl groups excluding tert-OH is 1. The minimum absolute atomic E-state index is 0.0710. The minimum atomic E-state index is -1.38. The number of carboxylic acid groups (broad SMARTS) is 1. The van der Waals surface area contributed by atoms with Gasteiger partial charge < -0.3 is 37.6 Å². The quantitative estimate of drug-likeness (QED) is 0.116. The van der Waals surface area contributed by atoms with Crippen molar-refractivity contribution < 1.29 is 29.4 Å². The smallest absolute Gasteiger partial charge is 0.325 e. The monoisotopic (exact) mass is 407 g/mol. The first-order chi connectivity index (χ1) is 12.7. The number of thiol groups is 1. The van der Waals surface area contributed by atoms with Gasteiger partial charge in [0.2, 0.25) is 17.7 Å². The van der Waals surface area contributed by atoms with Crippen LogP contribution in [0.15, 0.2) is 0 Å². The summed E-state index contributed by atoms with van der Waals surface area (Å²) >= 11 is 4.00. The summed E-state index contributed by atoms with van der Waals surface area (Å²) in [4.78, 5) is 47.0. The second-order valence-electron chi connectivity index (χ2n) is 5.95. The average molecular weight is 407 g/mol. The molecule has 0 aliphatic heterocycles. The summed E-state index contributed by atoms with van der Waals surface area (Å²) in [5.41, 5.74) is 11.1. The molecular formula is C15H29N5O6S. The van der Waals surface area contributed by atoms with Crippen molar-refractivity contribution >= 4 is 36.3 Å².